The van der Waals surface area contributed by atoms with Crippen molar-refractivity contribution in [2.45, 2.75) is 0 Å². The number of anilines is 1. The third-order valence-corrected chi connectivity index (χ3v) is 3.98. The lowest BCUT2D eigenvalue weighted by Crippen LogP contribution is -2.12. The standard InChI is InChI=1S/C18H14FN5O/c1-23-11-21-15-4-3-13(9-17(15)23)22-18(25)12-2-5-16(14(19)8-12)24-7-6-20-10-24/h2-11H,1H3,(H,22,25). The number of carbonyl (C=O) groups excluding carboxylic acids is 1. The van der Waals surface area contributed by atoms with Gasteiger partial charge in [0.1, 0.15) is 5.82 Å². The molecule has 0 unspecified atom stereocenters. The minimum atomic E-state index is -0.493. The zero-order valence-electron chi connectivity index (χ0n) is 13.3. The van der Waals surface area contributed by atoms with Gasteiger partial charge in [-0.3, -0.25) is 4.79 Å². The van der Waals surface area contributed by atoms with Crippen LogP contribution in [0.25, 0.3) is 16.7 Å². The number of rotatable bonds is 3. The Morgan fingerprint density at radius 1 is 1.16 bits per heavy atom. The molecule has 0 aliphatic rings. The van der Waals surface area contributed by atoms with Gasteiger partial charge in [-0.25, -0.2) is 14.4 Å². The minimum Gasteiger partial charge on any atom is -0.334 e. The summed E-state index contributed by atoms with van der Waals surface area (Å²) in [4.78, 5) is 20.5. The van der Waals surface area contributed by atoms with E-state index in [1.165, 1.54) is 12.4 Å². The van der Waals surface area contributed by atoms with E-state index in [4.69, 9.17) is 0 Å². The number of fused-ring (bicyclic) bond motifs is 1. The van der Waals surface area contributed by atoms with E-state index in [9.17, 15) is 9.18 Å². The maximum atomic E-state index is 14.3. The third kappa shape index (κ3) is 2.76. The van der Waals surface area contributed by atoms with Crippen LogP contribution in [0, 0.1) is 5.82 Å². The van der Waals surface area contributed by atoms with Crippen LogP contribution in [0.3, 0.4) is 0 Å². The highest BCUT2D eigenvalue weighted by Gasteiger charge is 2.12. The highest BCUT2D eigenvalue weighted by atomic mass is 19.1. The molecule has 2 aromatic carbocycles. The summed E-state index contributed by atoms with van der Waals surface area (Å²) in [5.74, 6) is -0.870. The summed E-state index contributed by atoms with van der Waals surface area (Å²) in [5, 5.41) is 2.78. The van der Waals surface area contributed by atoms with Gasteiger partial charge in [0.2, 0.25) is 0 Å². The normalized spacial score (nSPS) is 11.0. The van der Waals surface area contributed by atoms with Crippen LogP contribution in [-0.2, 0) is 7.05 Å². The molecule has 0 radical (unpaired) electrons. The number of hydrogen-bond acceptors (Lipinski definition) is 3. The summed E-state index contributed by atoms with van der Waals surface area (Å²) in [7, 11) is 1.88. The lowest BCUT2D eigenvalue weighted by atomic mass is 10.1. The Kier molecular flexibility index (Phi) is 3.53. The van der Waals surface area contributed by atoms with Crippen molar-refractivity contribution in [3.05, 3.63) is 72.8 Å². The van der Waals surface area contributed by atoms with E-state index in [2.05, 4.69) is 15.3 Å². The van der Waals surface area contributed by atoms with Crippen LogP contribution in [0.5, 0.6) is 0 Å². The summed E-state index contributed by atoms with van der Waals surface area (Å²) in [6.45, 7) is 0. The number of imidazole rings is 2. The molecule has 2 aromatic heterocycles. The van der Waals surface area contributed by atoms with Crippen LogP contribution in [0.4, 0.5) is 10.1 Å². The van der Waals surface area contributed by atoms with Crippen molar-refractivity contribution in [2.24, 2.45) is 7.05 Å². The van der Waals surface area contributed by atoms with Gasteiger partial charge in [-0.05, 0) is 36.4 Å². The molecule has 0 saturated carbocycles. The number of benzene rings is 2. The number of hydrogen-bond donors (Lipinski definition) is 1. The van der Waals surface area contributed by atoms with Crippen molar-refractivity contribution in [2.75, 3.05) is 5.32 Å². The first-order chi connectivity index (χ1) is 12.1. The molecule has 0 fully saturated rings. The first-order valence-electron chi connectivity index (χ1n) is 7.62. The second-order valence-corrected chi connectivity index (χ2v) is 5.65. The van der Waals surface area contributed by atoms with E-state index in [0.717, 1.165) is 11.0 Å². The van der Waals surface area contributed by atoms with Crippen LogP contribution in [0.2, 0.25) is 0 Å². The Labute approximate surface area is 142 Å². The zero-order valence-corrected chi connectivity index (χ0v) is 13.3. The second-order valence-electron chi connectivity index (χ2n) is 5.65. The van der Waals surface area contributed by atoms with Gasteiger partial charge in [-0.2, -0.15) is 0 Å². The average Bonchev–Trinajstić information content (AvgIpc) is 3.25. The van der Waals surface area contributed by atoms with E-state index in [1.54, 1.807) is 41.5 Å². The van der Waals surface area contributed by atoms with Gasteiger partial charge in [-0.1, -0.05) is 0 Å². The largest absolute Gasteiger partial charge is 0.334 e. The van der Waals surface area contributed by atoms with Crippen molar-refractivity contribution in [3.8, 4) is 5.69 Å². The average molecular weight is 335 g/mol. The highest BCUT2D eigenvalue weighted by Crippen LogP contribution is 2.19. The van der Waals surface area contributed by atoms with E-state index < -0.39 is 5.82 Å². The van der Waals surface area contributed by atoms with Gasteiger partial charge in [-0.15, -0.1) is 0 Å². The second kappa shape index (κ2) is 5.86. The van der Waals surface area contributed by atoms with Gasteiger partial charge in [0, 0.05) is 30.7 Å². The van der Waals surface area contributed by atoms with Crippen molar-refractivity contribution in [3.63, 3.8) is 0 Å². The first-order valence-corrected chi connectivity index (χ1v) is 7.62. The number of halogens is 1. The van der Waals surface area contributed by atoms with Crippen LogP contribution < -0.4 is 5.32 Å². The van der Waals surface area contributed by atoms with E-state index in [-0.39, 0.29) is 11.5 Å². The summed E-state index contributed by atoms with van der Waals surface area (Å²) in [6, 6.07) is 9.77. The molecule has 1 amide bonds. The zero-order chi connectivity index (χ0) is 17.4. The summed E-state index contributed by atoms with van der Waals surface area (Å²) >= 11 is 0. The molecule has 7 heteroatoms. The van der Waals surface area contributed by atoms with Gasteiger partial charge in [0.25, 0.3) is 5.91 Å². The van der Waals surface area contributed by atoms with Crippen LogP contribution in [-0.4, -0.2) is 25.0 Å². The molecular formula is C18H14FN5O. The maximum Gasteiger partial charge on any atom is 0.255 e. The van der Waals surface area contributed by atoms with Crippen molar-refractivity contribution in [1.82, 2.24) is 19.1 Å². The Hall–Kier alpha value is -3.48. The summed E-state index contributed by atoms with van der Waals surface area (Å²) in [5.41, 5.74) is 2.95. The van der Waals surface area contributed by atoms with E-state index in [1.807, 2.05) is 23.7 Å². The van der Waals surface area contributed by atoms with Gasteiger partial charge in [0.15, 0.2) is 0 Å². The fourth-order valence-electron chi connectivity index (χ4n) is 2.67. The number of nitrogens with zero attached hydrogens (tertiary/aromatic N) is 4. The van der Waals surface area contributed by atoms with Crippen LogP contribution in [0.15, 0.2) is 61.4 Å². The topological polar surface area (TPSA) is 64.7 Å². The predicted octanol–water partition coefficient (Wildman–Crippen LogP) is 3.15. The van der Waals surface area contributed by atoms with Gasteiger partial charge in [0.05, 0.1) is 29.4 Å². The van der Waals surface area contributed by atoms with E-state index in [0.29, 0.717) is 11.4 Å². The summed E-state index contributed by atoms with van der Waals surface area (Å²) < 4.78 is 17.7. The fourth-order valence-corrected chi connectivity index (χ4v) is 2.67. The molecule has 0 aliphatic heterocycles. The van der Waals surface area contributed by atoms with Crippen molar-refractivity contribution in [1.29, 1.82) is 0 Å². The monoisotopic (exact) mass is 335 g/mol. The molecule has 1 N–H and O–H groups in total. The third-order valence-electron chi connectivity index (χ3n) is 3.98. The van der Waals surface area contributed by atoms with Crippen molar-refractivity contribution >= 4 is 22.6 Å². The Bertz CT molecular complexity index is 1070. The molecule has 2 heterocycles. The molecule has 4 rings (SSSR count). The lowest BCUT2D eigenvalue weighted by molar-refractivity contribution is 0.102. The SMILES string of the molecule is Cn1cnc2ccc(NC(=O)c3ccc(-n4ccnc4)c(F)c3)cc21. The Morgan fingerprint density at radius 3 is 2.80 bits per heavy atom. The lowest BCUT2D eigenvalue weighted by Gasteiger charge is -2.08. The molecule has 4 aromatic rings. The Morgan fingerprint density at radius 2 is 2.04 bits per heavy atom. The van der Waals surface area contributed by atoms with Crippen LogP contribution >= 0.6 is 0 Å². The molecule has 0 atom stereocenters. The minimum absolute atomic E-state index is 0.242. The molecule has 25 heavy (non-hydrogen) atoms. The first kappa shape index (κ1) is 15.1. The molecular weight excluding hydrogens is 321 g/mol. The predicted molar refractivity (Wildman–Crippen MR) is 92.2 cm³/mol. The number of amides is 1. The number of carbonyl (C=O) groups is 1. The van der Waals surface area contributed by atoms with Crippen LogP contribution in [0.1, 0.15) is 10.4 Å². The summed E-state index contributed by atoms with van der Waals surface area (Å²) in [6.07, 6.45) is 6.41. The fraction of sp³-hybridized carbons (Fsp3) is 0.0556. The van der Waals surface area contributed by atoms with Crippen molar-refractivity contribution < 1.29 is 9.18 Å². The number of aromatic nitrogens is 4. The number of nitrogens with one attached hydrogen (secondary N) is 1. The van der Waals surface area contributed by atoms with Gasteiger partial charge >= 0.3 is 0 Å². The van der Waals surface area contributed by atoms with E-state index >= 15 is 0 Å². The molecule has 0 aliphatic carbocycles. The highest BCUT2D eigenvalue weighted by molar-refractivity contribution is 6.05. The Balaban J connectivity index is 1.59. The maximum absolute atomic E-state index is 14.3. The molecule has 0 saturated heterocycles. The molecule has 0 bridgehead atoms. The quantitative estimate of drug-likeness (QED) is 0.625. The number of aryl methyl sites for hydroxylation is 1. The molecule has 0 spiro atoms. The smallest absolute Gasteiger partial charge is 0.255 e. The molecule has 124 valence electrons. The molecule has 6 nitrogen and oxygen atoms in total. The van der Waals surface area contributed by atoms with Gasteiger partial charge < -0.3 is 14.5 Å².